The maximum Gasteiger partial charge on any atom is 0.408 e. The summed E-state index contributed by atoms with van der Waals surface area (Å²) >= 11 is 0. The maximum atomic E-state index is 11.8. The van der Waals surface area contributed by atoms with E-state index in [1.54, 1.807) is 30.3 Å². The van der Waals surface area contributed by atoms with Crippen LogP contribution in [0.4, 0.5) is 10.5 Å². The molecule has 8 heteroatoms. The van der Waals surface area contributed by atoms with Crippen molar-refractivity contribution in [2.45, 2.75) is 12.6 Å². The van der Waals surface area contributed by atoms with Crippen molar-refractivity contribution in [3.05, 3.63) is 75.8 Å². The van der Waals surface area contributed by atoms with E-state index < -0.39 is 28.7 Å². The first-order valence-corrected chi connectivity index (χ1v) is 6.92. The minimum atomic E-state index is -1.59. The molecule has 124 valence electrons. The first kappa shape index (κ1) is 16.9. The van der Waals surface area contributed by atoms with Crippen molar-refractivity contribution < 1.29 is 24.4 Å². The molecule has 2 aromatic rings. The number of amides is 1. The van der Waals surface area contributed by atoms with Gasteiger partial charge in [0.1, 0.15) is 6.61 Å². The Morgan fingerprint density at radius 2 is 1.75 bits per heavy atom. The fraction of sp³-hybridized carbons (Fsp3) is 0.125. The van der Waals surface area contributed by atoms with Gasteiger partial charge in [0, 0.05) is 6.07 Å². The highest BCUT2D eigenvalue weighted by molar-refractivity contribution is 5.82. The summed E-state index contributed by atoms with van der Waals surface area (Å²) in [5.74, 6) is -1.43. The Balaban J connectivity index is 2.10. The molecule has 0 saturated heterocycles. The van der Waals surface area contributed by atoms with Crippen molar-refractivity contribution in [2.75, 3.05) is 0 Å². The highest BCUT2D eigenvalue weighted by Crippen LogP contribution is 2.25. The topological polar surface area (TPSA) is 119 Å². The van der Waals surface area contributed by atoms with E-state index in [-0.39, 0.29) is 12.2 Å². The number of alkyl carbamates (subject to hydrolysis) is 1. The molecule has 2 N–H and O–H groups in total. The van der Waals surface area contributed by atoms with Crippen molar-refractivity contribution in [3.8, 4) is 0 Å². The van der Waals surface area contributed by atoms with Crippen LogP contribution in [0.3, 0.4) is 0 Å². The summed E-state index contributed by atoms with van der Waals surface area (Å²) in [6.07, 6.45) is -0.982. The van der Waals surface area contributed by atoms with Gasteiger partial charge in [-0.25, -0.2) is 9.59 Å². The van der Waals surface area contributed by atoms with E-state index in [1.165, 1.54) is 24.3 Å². The van der Waals surface area contributed by atoms with Crippen LogP contribution in [0.5, 0.6) is 0 Å². The minimum absolute atomic E-state index is 0.0457. The average molecular weight is 330 g/mol. The number of nitro benzene ring substituents is 1. The number of rotatable bonds is 6. The molecular formula is C16H14N2O6. The van der Waals surface area contributed by atoms with Gasteiger partial charge in [-0.05, 0) is 11.6 Å². The fourth-order valence-corrected chi connectivity index (χ4v) is 2.05. The third-order valence-corrected chi connectivity index (χ3v) is 3.17. The SMILES string of the molecule is O=C(NC(C(=O)O)c1ccccc1[N+](=O)[O-])OCc1ccccc1. The number of carbonyl (C=O) groups excluding carboxylic acids is 1. The molecule has 0 spiro atoms. The van der Waals surface area contributed by atoms with Crippen LogP contribution in [0.25, 0.3) is 0 Å². The monoisotopic (exact) mass is 330 g/mol. The molecule has 0 aliphatic rings. The number of ether oxygens (including phenoxy) is 1. The number of para-hydroxylation sites is 1. The number of hydrogen-bond donors (Lipinski definition) is 2. The van der Waals surface area contributed by atoms with Crippen LogP contribution in [0.1, 0.15) is 17.2 Å². The molecule has 2 aromatic carbocycles. The molecule has 0 aliphatic carbocycles. The standard InChI is InChI=1S/C16H14N2O6/c19-15(20)14(12-8-4-5-9-13(12)18(22)23)17-16(21)24-10-11-6-2-1-3-7-11/h1-9,14H,10H2,(H,17,21)(H,19,20). The highest BCUT2D eigenvalue weighted by atomic mass is 16.6. The number of nitrogens with zero attached hydrogens (tertiary/aromatic N) is 1. The van der Waals surface area contributed by atoms with Gasteiger partial charge >= 0.3 is 12.1 Å². The Kier molecular flexibility index (Phi) is 5.45. The molecule has 1 amide bonds. The first-order chi connectivity index (χ1) is 11.5. The second-order valence-corrected chi connectivity index (χ2v) is 4.79. The number of carboxylic acid groups (broad SMARTS) is 1. The lowest BCUT2D eigenvalue weighted by Gasteiger charge is -2.15. The smallest absolute Gasteiger partial charge is 0.408 e. The van der Waals surface area contributed by atoms with Gasteiger partial charge in [-0.15, -0.1) is 0 Å². The lowest BCUT2D eigenvalue weighted by Crippen LogP contribution is -2.34. The summed E-state index contributed by atoms with van der Waals surface area (Å²) in [5, 5.41) is 22.4. The Morgan fingerprint density at radius 1 is 1.12 bits per heavy atom. The number of aliphatic carboxylic acids is 1. The van der Waals surface area contributed by atoms with Crippen LogP contribution in [0, 0.1) is 10.1 Å². The van der Waals surface area contributed by atoms with Crippen LogP contribution in [-0.4, -0.2) is 22.1 Å². The van der Waals surface area contributed by atoms with Crippen LogP contribution >= 0.6 is 0 Å². The quantitative estimate of drug-likeness (QED) is 0.621. The number of nitrogens with one attached hydrogen (secondary N) is 1. The lowest BCUT2D eigenvalue weighted by atomic mass is 10.1. The summed E-state index contributed by atoms with van der Waals surface area (Å²) in [7, 11) is 0. The predicted octanol–water partition coefficient (Wildman–Crippen LogP) is 2.65. The Hall–Kier alpha value is -3.42. The van der Waals surface area contributed by atoms with E-state index in [2.05, 4.69) is 5.32 Å². The second kappa shape index (κ2) is 7.73. The van der Waals surface area contributed by atoms with E-state index in [9.17, 15) is 24.8 Å². The Labute approximate surface area is 136 Å². The Morgan fingerprint density at radius 3 is 2.38 bits per heavy atom. The zero-order valence-electron chi connectivity index (χ0n) is 12.4. The third kappa shape index (κ3) is 4.29. The number of nitro groups is 1. The molecule has 24 heavy (non-hydrogen) atoms. The maximum absolute atomic E-state index is 11.8. The molecular weight excluding hydrogens is 316 g/mol. The minimum Gasteiger partial charge on any atom is -0.479 e. The van der Waals surface area contributed by atoms with Crippen molar-refractivity contribution in [2.24, 2.45) is 0 Å². The van der Waals surface area contributed by atoms with Gasteiger partial charge in [0.2, 0.25) is 0 Å². The first-order valence-electron chi connectivity index (χ1n) is 6.92. The largest absolute Gasteiger partial charge is 0.479 e. The molecule has 1 unspecified atom stereocenters. The summed E-state index contributed by atoms with van der Waals surface area (Å²) in [6.45, 7) is -0.0457. The van der Waals surface area contributed by atoms with Crippen molar-refractivity contribution in [1.82, 2.24) is 5.32 Å². The number of carbonyl (C=O) groups is 2. The van der Waals surface area contributed by atoms with Crippen molar-refractivity contribution in [1.29, 1.82) is 0 Å². The molecule has 0 aromatic heterocycles. The summed E-state index contributed by atoms with van der Waals surface area (Å²) in [5.41, 5.74) is 0.199. The van der Waals surface area contributed by atoms with Gasteiger partial charge in [-0.3, -0.25) is 10.1 Å². The average Bonchev–Trinajstić information content (AvgIpc) is 2.58. The van der Waals surface area contributed by atoms with E-state index in [1.807, 2.05) is 0 Å². The van der Waals surface area contributed by atoms with Crippen molar-refractivity contribution in [3.63, 3.8) is 0 Å². The number of benzene rings is 2. The third-order valence-electron chi connectivity index (χ3n) is 3.17. The second-order valence-electron chi connectivity index (χ2n) is 4.79. The molecule has 2 rings (SSSR count). The van der Waals surface area contributed by atoms with Crippen LogP contribution < -0.4 is 5.32 Å². The normalized spacial score (nSPS) is 11.3. The van der Waals surface area contributed by atoms with Gasteiger partial charge < -0.3 is 15.2 Å². The molecule has 0 aliphatic heterocycles. The van der Waals surface area contributed by atoms with Crippen LogP contribution in [0.15, 0.2) is 54.6 Å². The van der Waals surface area contributed by atoms with Gasteiger partial charge in [0.25, 0.3) is 5.69 Å². The number of carboxylic acids is 1. The van der Waals surface area contributed by atoms with Crippen LogP contribution in [0.2, 0.25) is 0 Å². The van der Waals surface area contributed by atoms with Gasteiger partial charge in [0.15, 0.2) is 6.04 Å². The Bertz CT molecular complexity index is 747. The molecule has 8 nitrogen and oxygen atoms in total. The van der Waals surface area contributed by atoms with Crippen LogP contribution in [-0.2, 0) is 16.1 Å². The van der Waals surface area contributed by atoms with E-state index in [4.69, 9.17) is 4.74 Å². The summed E-state index contributed by atoms with van der Waals surface area (Å²) in [6, 6.07) is 12.5. The zero-order valence-corrected chi connectivity index (χ0v) is 12.4. The highest BCUT2D eigenvalue weighted by Gasteiger charge is 2.29. The van der Waals surface area contributed by atoms with E-state index in [0.29, 0.717) is 0 Å². The molecule has 0 saturated carbocycles. The molecule has 0 radical (unpaired) electrons. The zero-order chi connectivity index (χ0) is 17.5. The van der Waals surface area contributed by atoms with Crippen molar-refractivity contribution >= 4 is 17.7 Å². The summed E-state index contributed by atoms with van der Waals surface area (Å²) in [4.78, 5) is 33.5. The van der Waals surface area contributed by atoms with E-state index in [0.717, 1.165) is 5.56 Å². The fourth-order valence-electron chi connectivity index (χ4n) is 2.05. The van der Waals surface area contributed by atoms with Gasteiger partial charge in [-0.2, -0.15) is 0 Å². The molecule has 0 fully saturated rings. The predicted molar refractivity (Wildman–Crippen MR) is 83.2 cm³/mol. The number of hydrogen-bond acceptors (Lipinski definition) is 5. The van der Waals surface area contributed by atoms with Gasteiger partial charge in [0.05, 0.1) is 10.5 Å². The van der Waals surface area contributed by atoms with E-state index >= 15 is 0 Å². The molecule has 0 heterocycles. The molecule has 1 atom stereocenters. The lowest BCUT2D eigenvalue weighted by molar-refractivity contribution is -0.385. The summed E-state index contributed by atoms with van der Waals surface area (Å²) < 4.78 is 4.95. The molecule has 0 bridgehead atoms. The van der Waals surface area contributed by atoms with Gasteiger partial charge in [-0.1, -0.05) is 42.5 Å².